The van der Waals surface area contributed by atoms with Crippen molar-refractivity contribution in [1.29, 1.82) is 0 Å². The van der Waals surface area contributed by atoms with Crippen molar-refractivity contribution in [3.05, 3.63) is 105 Å². The minimum Gasteiger partial charge on any atom is -0.507 e. The van der Waals surface area contributed by atoms with E-state index < -0.39 is 33.2 Å². The largest absolute Gasteiger partial charge is 0.507 e. The number of phenols is 1. The third-order valence-corrected chi connectivity index (χ3v) is 11.0. The number of nitrogens with zero attached hydrogens (tertiary/aromatic N) is 6. The smallest absolute Gasteiger partial charge is 0.345 e. The van der Waals surface area contributed by atoms with Crippen molar-refractivity contribution in [2.24, 2.45) is 10.1 Å². The van der Waals surface area contributed by atoms with E-state index in [-0.39, 0.29) is 54.4 Å². The van der Waals surface area contributed by atoms with Crippen LogP contribution in [0.25, 0.3) is 0 Å². The molecule has 0 bridgehead atoms. The molecule has 3 atom stereocenters. The Morgan fingerprint density at radius 1 is 0.981 bits per heavy atom. The Morgan fingerprint density at radius 3 is 2.21 bits per heavy atom. The summed E-state index contributed by atoms with van der Waals surface area (Å²) in [6.45, 7) is 12.2. The number of aliphatic imine (C=N–C) groups is 1. The normalized spacial score (nSPS) is 22.0. The average molecular weight is 727 g/mol. The van der Waals surface area contributed by atoms with E-state index in [9.17, 15) is 29.6 Å². The summed E-state index contributed by atoms with van der Waals surface area (Å²) in [5.74, 6) is -0.759. The summed E-state index contributed by atoms with van der Waals surface area (Å²) in [6, 6.07) is 17.4. The number of amides is 3. The number of ether oxygens (including phenoxy) is 1. The van der Waals surface area contributed by atoms with Gasteiger partial charge in [-0.3, -0.25) is 24.8 Å². The van der Waals surface area contributed by atoms with E-state index >= 15 is 0 Å². The van der Waals surface area contributed by atoms with Gasteiger partial charge < -0.3 is 14.7 Å². The van der Waals surface area contributed by atoms with Crippen molar-refractivity contribution in [3.63, 3.8) is 0 Å². The summed E-state index contributed by atoms with van der Waals surface area (Å²) in [5, 5.41) is 27.4. The van der Waals surface area contributed by atoms with E-state index in [0.717, 1.165) is 34.0 Å². The second-order valence-corrected chi connectivity index (χ2v) is 16.6. The van der Waals surface area contributed by atoms with Gasteiger partial charge in [-0.15, -0.1) is 0 Å². The molecule has 3 amide bonds. The summed E-state index contributed by atoms with van der Waals surface area (Å²) in [6.07, 6.45) is 3.21. The number of benzene rings is 3. The highest BCUT2D eigenvalue weighted by Gasteiger charge is 2.66. The number of carbonyl (C=O) groups excluding carboxylic acids is 3. The fraction of sp³-hybridized carbons (Fsp3) is 0.395. The molecule has 0 radical (unpaired) electrons. The van der Waals surface area contributed by atoms with Crippen LogP contribution in [0.3, 0.4) is 0 Å². The highest BCUT2D eigenvalue weighted by atomic mass is 32.2. The molecule has 272 valence electrons. The number of fused-ring (bicyclic) bond motifs is 1. The Kier molecular flexibility index (Phi) is 9.64. The van der Waals surface area contributed by atoms with Crippen LogP contribution in [0.15, 0.2) is 76.8 Å². The predicted molar refractivity (Wildman–Crippen MR) is 198 cm³/mol. The molecule has 3 aliphatic rings. The second kappa shape index (κ2) is 13.7. The number of urea groups is 1. The number of hydrogen-bond donors (Lipinski definition) is 1. The number of hydrazone groups is 1. The molecular weight excluding hydrogens is 685 g/mol. The van der Waals surface area contributed by atoms with Crippen molar-refractivity contribution in [1.82, 2.24) is 14.8 Å². The zero-order chi connectivity index (χ0) is 37.6. The van der Waals surface area contributed by atoms with E-state index in [1.54, 1.807) is 17.3 Å². The maximum Gasteiger partial charge on any atom is 0.345 e. The Labute approximate surface area is 306 Å². The lowest BCUT2D eigenvalue weighted by atomic mass is 9.78. The molecule has 3 saturated heterocycles. The molecule has 14 heteroatoms. The van der Waals surface area contributed by atoms with Gasteiger partial charge in [0.2, 0.25) is 4.87 Å². The Balaban J connectivity index is 1.27. The van der Waals surface area contributed by atoms with Crippen molar-refractivity contribution < 1.29 is 29.2 Å². The molecule has 3 aliphatic heterocycles. The third-order valence-electron chi connectivity index (χ3n) is 9.35. The van der Waals surface area contributed by atoms with Crippen LogP contribution in [0, 0.1) is 10.1 Å². The van der Waals surface area contributed by atoms with Gasteiger partial charge in [-0.2, -0.15) is 5.10 Å². The van der Waals surface area contributed by atoms with Gasteiger partial charge in [0.15, 0.2) is 6.04 Å². The van der Waals surface area contributed by atoms with Gasteiger partial charge in [0.25, 0.3) is 11.6 Å². The van der Waals surface area contributed by atoms with Crippen LogP contribution >= 0.6 is 11.8 Å². The van der Waals surface area contributed by atoms with Crippen LogP contribution in [0.2, 0.25) is 0 Å². The Bertz CT molecular complexity index is 1920. The Hall–Kier alpha value is -5.24. The predicted octanol–water partition coefficient (Wildman–Crippen LogP) is 5.81. The van der Waals surface area contributed by atoms with Crippen molar-refractivity contribution in [3.8, 4) is 5.75 Å². The summed E-state index contributed by atoms with van der Waals surface area (Å²) < 4.78 is 5.79. The molecular formula is C38H42N6O7S. The van der Waals surface area contributed by atoms with Crippen LogP contribution in [0.4, 0.5) is 10.5 Å². The number of β-lactam (4-membered cyclic amide) rings is 1. The fourth-order valence-corrected chi connectivity index (χ4v) is 8.12. The highest BCUT2D eigenvalue weighted by Crippen LogP contribution is 2.51. The Morgan fingerprint density at radius 2 is 1.62 bits per heavy atom. The van der Waals surface area contributed by atoms with Crippen LogP contribution in [-0.2, 0) is 31.8 Å². The SMILES string of the molecule is CC(C)(C)c1cc(C=N[C@@H]2C(=O)N3C[C@@](C(=O)OCc4ccc([N+](=O)[O-])cc4)(N4CCN(N=Cc5ccccc5)C4=O)S[C@H]23)cc(C(C)(C)C)c1O. The molecule has 0 aliphatic carbocycles. The van der Waals surface area contributed by atoms with E-state index in [1.807, 2.05) is 84.0 Å². The van der Waals surface area contributed by atoms with Gasteiger partial charge in [-0.25, -0.2) is 14.6 Å². The maximum absolute atomic E-state index is 14.1. The summed E-state index contributed by atoms with van der Waals surface area (Å²) >= 11 is 1.15. The van der Waals surface area contributed by atoms with Gasteiger partial charge in [0.05, 0.1) is 24.2 Å². The number of esters is 1. The number of rotatable bonds is 9. The zero-order valence-electron chi connectivity index (χ0n) is 30.0. The van der Waals surface area contributed by atoms with Crippen LogP contribution < -0.4 is 0 Å². The monoisotopic (exact) mass is 726 g/mol. The number of phenolic OH excluding ortho intramolecular Hbond substituents is 1. The van der Waals surface area contributed by atoms with Gasteiger partial charge >= 0.3 is 12.0 Å². The lowest BCUT2D eigenvalue weighted by Crippen LogP contribution is -2.61. The summed E-state index contributed by atoms with van der Waals surface area (Å²) in [5.41, 5.74) is 2.79. The number of non-ortho nitro benzene ring substituents is 1. The molecule has 6 rings (SSSR count). The minimum atomic E-state index is -1.59. The van der Waals surface area contributed by atoms with Crippen molar-refractivity contribution in [2.45, 2.75) is 75.3 Å². The first-order valence-corrected chi connectivity index (χ1v) is 17.9. The average Bonchev–Trinajstić information content (AvgIpc) is 3.65. The second-order valence-electron chi connectivity index (χ2n) is 15.2. The van der Waals surface area contributed by atoms with E-state index in [0.29, 0.717) is 5.56 Å². The minimum absolute atomic E-state index is 0.0947. The first kappa shape index (κ1) is 36.5. The lowest BCUT2D eigenvalue weighted by Gasteiger charge is -2.38. The molecule has 0 spiro atoms. The molecule has 3 aromatic rings. The zero-order valence-corrected chi connectivity index (χ0v) is 30.8. The number of nitro groups is 1. The number of aromatic hydroxyl groups is 1. The molecule has 52 heavy (non-hydrogen) atoms. The van der Waals surface area contributed by atoms with Crippen LogP contribution in [0.1, 0.15) is 69.4 Å². The first-order valence-electron chi connectivity index (χ1n) is 17.0. The van der Waals surface area contributed by atoms with E-state index in [2.05, 4.69) is 5.10 Å². The van der Waals surface area contributed by atoms with E-state index in [4.69, 9.17) is 9.73 Å². The molecule has 13 nitrogen and oxygen atoms in total. The maximum atomic E-state index is 14.1. The number of nitro benzene ring substituents is 1. The van der Waals surface area contributed by atoms with Gasteiger partial charge in [0, 0.05) is 36.0 Å². The van der Waals surface area contributed by atoms with Crippen LogP contribution in [0.5, 0.6) is 5.75 Å². The number of hydrogen-bond acceptors (Lipinski definition) is 10. The van der Waals surface area contributed by atoms with Crippen molar-refractivity contribution >= 4 is 47.8 Å². The molecule has 1 N–H and O–H groups in total. The van der Waals surface area contributed by atoms with E-state index in [1.165, 1.54) is 34.2 Å². The van der Waals surface area contributed by atoms with Gasteiger partial charge in [-0.1, -0.05) is 83.6 Å². The first-order chi connectivity index (χ1) is 24.5. The summed E-state index contributed by atoms with van der Waals surface area (Å²) in [7, 11) is 0. The number of thioether (sulfide) groups is 1. The third kappa shape index (κ3) is 6.99. The topological polar surface area (TPSA) is 158 Å². The quantitative estimate of drug-likeness (QED) is 0.0952. The molecule has 3 fully saturated rings. The van der Waals surface area contributed by atoms with Crippen LogP contribution in [-0.4, -0.2) is 91.1 Å². The summed E-state index contributed by atoms with van der Waals surface area (Å²) in [4.78, 5) is 58.2. The standard InChI is InChI=1S/C38H42N6O7S/c1-36(2,3)28-18-26(19-29(31(28)45)37(4,5)6)20-39-30-32(46)41-23-38(52-33(30)41,34(47)51-22-25-12-14-27(15-13-25)44(49)50)42-16-17-43(35(42)48)40-21-24-10-8-7-9-11-24/h7-15,18-21,30,33,45H,16-17,22-23H2,1-6H3/t30-,33-,38-/m1/s1. The highest BCUT2D eigenvalue weighted by molar-refractivity contribution is 8.02. The molecule has 0 unspecified atom stereocenters. The number of carbonyl (C=O) groups is 3. The van der Waals surface area contributed by atoms with Crippen molar-refractivity contribution in [2.75, 3.05) is 19.6 Å². The van der Waals surface area contributed by atoms with Gasteiger partial charge in [-0.05, 0) is 51.8 Å². The molecule has 3 aromatic carbocycles. The fourth-order valence-electron chi connectivity index (χ4n) is 6.44. The lowest BCUT2D eigenvalue weighted by molar-refractivity contribution is -0.384. The molecule has 0 saturated carbocycles. The van der Waals surface area contributed by atoms with Gasteiger partial charge in [0.1, 0.15) is 17.7 Å². The molecule has 0 aromatic heterocycles. The molecule has 3 heterocycles.